The Bertz CT molecular complexity index is 2290. The monoisotopic (exact) mass is 1000 g/mol. The average Bonchev–Trinajstić information content (AvgIpc) is 4.35. The van der Waals surface area contributed by atoms with Crippen molar-refractivity contribution in [3.05, 3.63) is 121 Å². The maximum absolute atomic E-state index is 13.9. The van der Waals surface area contributed by atoms with Crippen molar-refractivity contribution in [2.75, 3.05) is 52.4 Å². The summed E-state index contributed by atoms with van der Waals surface area (Å²) in [6.07, 6.45) is 23.0. The van der Waals surface area contributed by atoms with Crippen LogP contribution in [0.5, 0.6) is 0 Å². The number of carbonyl (C=O) groups excluding carboxylic acids is 8. The fraction of sp³-hybridized carbons (Fsp3) is 0.396. The van der Waals surface area contributed by atoms with Gasteiger partial charge in [-0.15, -0.1) is 0 Å². The second-order valence-electron chi connectivity index (χ2n) is 18.8. The fourth-order valence-electron chi connectivity index (χ4n) is 8.00. The molecule has 20 heteroatoms. The van der Waals surface area contributed by atoms with Gasteiger partial charge >= 0.3 is 0 Å². The molecule has 8 amide bonds. The SMILES string of the molecule is O=C(CN(C(=O)/C=C/c1ccco1)C1CC1)NCC(CNC(=O)CN(C(=O)/C=C/c1ccco1)C1CC1)(CNC(=O)CN(C(=O)/C=C/c1ccco1)C1CC1)CNC(=O)CN(C(=O)/C=C/c1ccco1)C1CC1. The Morgan fingerprint density at radius 1 is 0.397 bits per heavy atom. The molecular formula is C53H60N8O12. The normalized spacial score (nSPS) is 15.7. The van der Waals surface area contributed by atoms with E-state index in [2.05, 4.69) is 21.3 Å². The van der Waals surface area contributed by atoms with Gasteiger partial charge in [0.25, 0.3) is 0 Å². The summed E-state index contributed by atoms with van der Waals surface area (Å²) in [5.41, 5.74) is -1.38. The van der Waals surface area contributed by atoms with Crippen LogP contribution in [0.3, 0.4) is 0 Å². The summed E-state index contributed by atoms with van der Waals surface area (Å²) in [4.78, 5) is 115. The van der Waals surface area contributed by atoms with E-state index < -0.39 is 52.7 Å². The standard InChI is InChI=1S/C53H60N8O12/c62-45(29-58(37-9-10-37)49(66)21-17-41-5-1-25-70-41)54-33-53(34-55-46(63)30-59(38-11-12-38)50(67)22-18-42-6-2-26-71-42,35-56-47(64)31-60(39-13-14-39)51(68)23-19-43-7-3-27-72-43)36-57-48(65)32-61(40-15-16-40)52(69)24-20-44-8-4-28-73-44/h1-8,17-28,37-40H,9-16,29-36H2,(H,54,62)(H,55,63)(H,56,64)(H,57,65)/b21-17+,22-18+,23-19+,24-20+. The summed E-state index contributed by atoms with van der Waals surface area (Å²) < 4.78 is 21.3. The van der Waals surface area contributed by atoms with Crippen LogP contribution in [0.1, 0.15) is 74.4 Å². The highest BCUT2D eigenvalue weighted by Crippen LogP contribution is 2.30. The van der Waals surface area contributed by atoms with Crippen LogP contribution >= 0.6 is 0 Å². The fourth-order valence-corrected chi connectivity index (χ4v) is 8.00. The maximum atomic E-state index is 13.9. The maximum Gasteiger partial charge on any atom is 0.247 e. The van der Waals surface area contributed by atoms with Gasteiger partial charge in [0.2, 0.25) is 47.3 Å². The zero-order chi connectivity index (χ0) is 51.2. The van der Waals surface area contributed by atoms with Crippen molar-refractivity contribution >= 4 is 71.6 Å². The Morgan fingerprint density at radius 2 is 0.616 bits per heavy atom. The van der Waals surface area contributed by atoms with Crippen LogP contribution < -0.4 is 21.3 Å². The van der Waals surface area contributed by atoms with Gasteiger partial charge in [-0.2, -0.15) is 0 Å². The highest BCUT2D eigenvalue weighted by atomic mass is 16.3. The second-order valence-corrected chi connectivity index (χ2v) is 18.8. The van der Waals surface area contributed by atoms with Gasteiger partial charge in [-0.25, -0.2) is 0 Å². The van der Waals surface area contributed by atoms with Gasteiger partial charge in [-0.1, -0.05) is 0 Å². The molecule has 4 aromatic heterocycles. The van der Waals surface area contributed by atoms with Crippen LogP contribution in [0.2, 0.25) is 0 Å². The van der Waals surface area contributed by atoms with E-state index >= 15 is 0 Å². The van der Waals surface area contributed by atoms with Crippen molar-refractivity contribution in [3.8, 4) is 0 Å². The van der Waals surface area contributed by atoms with E-state index in [9.17, 15) is 38.4 Å². The molecular weight excluding hydrogens is 941 g/mol. The van der Waals surface area contributed by atoms with Crippen molar-refractivity contribution in [2.24, 2.45) is 5.41 Å². The first-order chi connectivity index (χ1) is 35.4. The topological polar surface area (TPSA) is 250 Å². The van der Waals surface area contributed by atoms with Crippen LogP contribution in [-0.2, 0) is 38.4 Å². The van der Waals surface area contributed by atoms with E-state index in [1.54, 1.807) is 48.5 Å². The lowest BCUT2D eigenvalue weighted by atomic mass is 9.86. The molecule has 4 heterocycles. The Hall–Kier alpha value is -8.16. The first kappa shape index (κ1) is 51.2. The third-order valence-electron chi connectivity index (χ3n) is 12.7. The van der Waals surface area contributed by atoms with Gasteiger partial charge in [-0.3, -0.25) is 38.4 Å². The molecule has 0 radical (unpaired) electrons. The summed E-state index contributed by atoms with van der Waals surface area (Å²) in [7, 11) is 0. The number of amides is 8. The molecule has 0 atom stereocenters. The van der Waals surface area contributed by atoms with E-state index in [0.717, 1.165) is 0 Å². The van der Waals surface area contributed by atoms with Gasteiger partial charge in [0.15, 0.2) is 0 Å². The molecule has 4 N–H and O–H groups in total. The predicted octanol–water partition coefficient (Wildman–Crippen LogP) is 3.63. The van der Waals surface area contributed by atoms with E-state index in [0.29, 0.717) is 74.4 Å². The number of nitrogens with zero attached hydrogens (tertiary/aromatic N) is 4. The zero-order valence-electron chi connectivity index (χ0n) is 40.4. The molecule has 0 aliphatic heterocycles. The van der Waals surface area contributed by atoms with Gasteiger partial charge < -0.3 is 58.5 Å². The minimum Gasteiger partial charge on any atom is -0.465 e. The lowest BCUT2D eigenvalue weighted by molar-refractivity contribution is -0.134. The number of carbonyl (C=O) groups is 8. The predicted molar refractivity (Wildman–Crippen MR) is 264 cm³/mol. The Kier molecular flexibility index (Phi) is 17.0. The van der Waals surface area contributed by atoms with Crippen molar-refractivity contribution in [1.82, 2.24) is 40.9 Å². The summed E-state index contributed by atoms with van der Waals surface area (Å²) in [6.45, 7) is -2.23. The van der Waals surface area contributed by atoms with Gasteiger partial charge in [0.05, 0.1) is 25.1 Å². The van der Waals surface area contributed by atoms with Crippen LogP contribution in [0.4, 0.5) is 0 Å². The third kappa shape index (κ3) is 15.9. The van der Waals surface area contributed by atoms with Gasteiger partial charge in [0, 0.05) is 80.1 Å². The molecule has 4 aliphatic carbocycles. The van der Waals surface area contributed by atoms with Crippen LogP contribution in [-0.4, -0.2) is 143 Å². The largest absolute Gasteiger partial charge is 0.465 e. The molecule has 0 bridgehead atoms. The van der Waals surface area contributed by atoms with Crippen LogP contribution in [0.25, 0.3) is 24.3 Å². The second kappa shape index (κ2) is 24.3. The molecule has 0 unspecified atom stereocenters. The lowest BCUT2D eigenvalue weighted by Crippen LogP contribution is -2.59. The molecule has 4 aromatic rings. The molecule has 4 saturated carbocycles. The number of nitrogens with one attached hydrogen (secondary N) is 4. The quantitative estimate of drug-likeness (QED) is 0.0596. The average molecular weight is 1000 g/mol. The van der Waals surface area contributed by atoms with E-state index in [1.807, 2.05) is 0 Å². The third-order valence-corrected chi connectivity index (χ3v) is 12.7. The van der Waals surface area contributed by atoms with E-state index in [4.69, 9.17) is 17.7 Å². The summed E-state index contributed by atoms with van der Waals surface area (Å²) >= 11 is 0. The molecule has 73 heavy (non-hydrogen) atoms. The summed E-state index contributed by atoms with van der Waals surface area (Å²) in [5, 5.41) is 11.6. The first-order valence-corrected chi connectivity index (χ1v) is 24.6. The highest BCUT2D eigenvalue weighted by molar-refractivity contribution is 5.97. The number of rotatable bonds is 28. The minimum atomic E-state index is -1.38. The molecule has 0 aromatic carbocycles. The molecule has 0 saturated heterocycles. The van der Waals surface area contributed by atoms with Crippen molar-refractivity contribution < 1.29 is 56.0 Å². The molecule has 384 valence electrons. The van der Waals surface area contributed by atoms with E-state index in [1.165, 1.54) is 93.3 Å². The number of hydrogen-bond donors (Lipinski definition) is 4. The summed E-state index contributed by atoms with van der Waals surface area (Å²) in [5.74, 6) is -1.93. The van der Waals surface area contributed by atoms with Gasteiger partial charge in [-0.05, 0) is 124 Å². The molecule has 4 fully saturated rings. The zero-order valence-corrected chi connectivity index (χ0v) is 40.4. The Morgan fingerprint density at radius 3 is 0.795 bits per heavy atom. The number of furan rings is 4. The van der Waals surface area contributed by atoms with Gasteiger partial charge in [0.1, 0.15) is 49.2 Å². The molecule has 0 spiro atoms. The van der Waals surface area contributed by atoms with Crippen molar-refractivity contribution in [1.29, 1.82) is 0 Å². The van der Waals surface area contributed by atoms with Crippen LogP contribution in [0, 0.1) is 5.41 Å². The van der Waals surface area contributed by atoms with Crippen molar-refractivity contribution in [3.63, 3.8) is 0 Å². The van der Waals surface area contributed by atoms with Crippen LogP contribution in [0.15, 0.2) is 116 Å². The minimum absolute atomic E-state index is 0.162. The Labute approximate surface area is 421 Å². The Balaban J connectivity index is 1.01. The molecule has 4 aliphatic rings. The first-order valence-electron chi connectivity index (χ1n) is 24.6. The lowest BCUT2D eigenvalue weighted by Gasteiger charge is -2.36. The molecule has 8 rings (SSSR count). The smallest absolute Gasteiger partial charge is 0.247 e. The van der Waals surface area contributed by atoms with E-state index in [-0.39, 0.29) is 76.5 Å². The van der Waals surface area contributed by atoms with Crippen molar-refractivity contribution in [2.45, 2.75) is 75.5 Å². The number of hydrogen-bond acceptors (Lipinski definition) is 12. The molecule has 20 nitrogen and oxygen atoms in total. The highest BCUT2D eigenvalue weighted by Gasteiger charge is 2.39. The summed E-state index contributed by atoms with van der Waals surface area (Å²) in [6, 6.07) is 12.9.